The zero-order chi connectivity index (χ0) is 37.7. The molecular formula is C42H52F2N6O4. The molecule has 2 aromatic carbocycles. The number of hydrogen-bond acceptors (Lipinski definition) is 8. The smallest absolute Gasteiger partial charge is 0.234 e. The zero-order valence-corrected chi connectivity index (χ0v) is 31.5. The van der Waals surface area contributed by atoms with E-state index in [1.54, 1.807) is 0 Å². The molecule has 4 atom stereocenters. The van der Waals surface area contributed by atoms with Gasteiger partial charge in [0.1, 0.15) is 11.6 Å². The van der Waals surface area contributed by atoms with Crippen LogP contribution in [0.15, 0.2) is 60.2 Å². The molecule has 3 aliphatic carbocycles. The number of allylic oxidation sites excluding steroid dienone is 2. The molecule has 4 amide bonds. The van der Waals surface area contributed by atoms with Crippen LogP contribution in [0.25, 0.3) is 0 Å². The van der Waals surface area contributed by atoms with Gasteiger partial charge in [-0.3, -0.25) is 38.8 Å². The maximum atomic E-state index is 14.1. The van der Waals surface area contributed by atoms with Crippen LogP contribution in [0.1, 0.15) is 39.5 Å². The number of carbonyl (C=O) groups excluding carboxylic acids is 4. The monoisotopic (exact) mass is 742 g/mol. The van der Waals surface area contributed by atoms with Crippen molar-refractivity contribution in [3.63, 3.8) is 0 Å². The summed E-state index contributed by atoms with van der Waals surface area (Å²) in [4.78, 5) is 68.4. The predicted octanol–water partition coefficient (Wildman–Crippen LogP) is 4.27. The molecule has 0 radical (unpaired) electrons. The van der Waals surface area contributed by atoms with Crippen LogP contribution in [0.3, 0.4) is 0 Å². The van der Waals surface area contributed by atoms with E-state index in [4.69, 9.17) is 0 Å². The number of amides is 4. The van der Waals surface area contributed by atoms with Gasteiger partial charge >= 0.3 is 0 Å². The molecule has 1 saturated carbocycles. The number of benzene rings is 2. The van der Waals surface area contributed by atoms with Crippen LogP contribution in [-0.2, 0) is 19.2 Å². The summed E-state index contributed by atoms with van der Waals surface area (Å²) in [6.45, 7) is 13.4. The number of nitrogens with zero attached hydrogens (tertiary/aromatic N) is 6. The predicted molar refractivity (Wildman–Crippen MR) is 201 cm³/mol. The van der Waals surface area contributed by atoms with Crippen molar-refractivity contribution in [2.45, 2.75) is 39.5 Å². The lowest BCUT2D eigenvalue weighted by Gasteiger charge is -2.53. The summed E-state index contributed by atoms with van der Waals surface area (Å²) in [5.41, 5.74) is 2.12. The molecule has 0 N–H and O–H groups in total. The minimum absolute atomic E-state index is 0.182. The van der Waals surface area contributed by atoms with Gasteiger partial charge in [-0.2, -0.15) is 0 Å². The van der Waals surface area contributed by atoms with Gasteiger partial charge < -0.3 is 9.80 Å². The number of hydrogen-bond donors (Lipinski definition) is 0. The van der Waals surface area contributed by atoms with Crippen molar-refractivity contribution in [3.8, 4) is 0 Å². The van der Waals surface area contributed by atoms with Crippen LogP contribution in [0, 0.1) is 46.6 Å². The van der Waals surface area contributed by atoms with Crippen LogP contribution in [0.4, 0.5) is 20.2 Å². The molecule has 12 heteroatoms. The van der Waals surface area contributed by atoms with Crippen LogP contribution in [-0.4, -0.2) is 122 Å². The first-order valence-electron chi connectivity index (χ1n) is 19.9. The second kappa shape index (κ2) is 14.8. The van der Waals surface area contributed by atoms with Gasteiger partial charge in [0.2, 0.25) is 23.6 Å². The Morgan fingerprint density at radius 1 is 0.537 bits per heavy atom. The number of unbranched alkanes of at least 4 members (excludes halogenated alkanes) is 2. The number of carbonyl (C=O) groups is 4. The minimum atomic E-state index is -0.883. The maximum Gasteiger partial charge on any atom is 0.234 e. The highest BCUT2D eigenvalue weighted by molar-refractivity contribution is 6.11. The van der Waals surface area contributed by atoms with Gasteiger partial charge in [0.25, 0.3) is 0 Å². The third-order valence-electron chi connectivity index (χ3n) is 13.4. The fourth-order valence-electron chi connectivity index (χ4n) is 10.7. The molecule has 54 heavy (non-hydrogen) atoms. The van der Waals surface area contributed by atoms with Crippen LogP contribution in [0.5, 0.6) is 0 Å². The number of rotatable bonds is 12. The summed E-state index contributed by atoms with van der Waals surface area (Å²) >= 11 is 0. The molecular weight excluding hydrogens is 690 g/mol. The molecule has 4 unspecified atom stereocenters. The molecule has 0 spiro atoms. The van der Waals surface area contributed by atoms with E-state index in [-0.39, 0.29) is 35.3 Å². The Balaban J connectivity index is 0.822. The normalized spacial score (nSPS) is 30.1. The second-order valence-corrected chi connectivity index (χ2v) is 16.5. The largest absolute Gasteiger partial charge is 0.369 e. The van der Waals surface area contributed by atoms with Gasteiger partial charge in [-0.05, 0) is 94.2 Å². The van der Waals surface area contributed by atoms with Crippen molar-refractivity contribution in [3.05, 3.63) is 71.8 Å². The molecule has 7 aliphatic rings. The summed E-state index contributed by atoms with van der Waals surface area (Å²) in [6, 6.07) is 13.2. The Kier molecular flexibility index (Phi) is 10.1. The average molecular weight is 743 g/mol. The highest BCUT2D eigenvalue weighted by atomic mass is 19.1. The highest BCUT2D eigenvalue weighted by Gasteiger charge is 2.73. The lowest BCUT2D eigenvalue weighted by molar-refractivity contribution is -0.146. The van der Waals surface area contributed by atoms with E-state index in [0.717, 1.165) is 95.2 Å². The topological polar surface area (TPSA) is 87.7 Å². The van der Waals surface area contributed by atoms with E-state index >= 15 is 0 Å². The number of anilines is 2. The fourth-order valence-corrected chi connectivity index (χ4v) is 10.7. The van der Waals surface area contributed by atoms with Gasteiger partial charge in [-0.15, -0.1) is 0 Å². The van der Waals surface area contributed by atoms with Gasteiger partial charge in [-0.1, -0.05) is 18.6 Å². The zero-order valence-electron chi connectivity index (χ0n) is 31.5. The summed E-state index contributed by atoms with van der Waals surface area (Å²) in [5.74, 6) is -4.08. The van der Waals surface area contributed by atoms with E-state index in [0.29, 0.717) is 25.9 Å². The molecule has 4 heterocycles. The molecule has 10 nitrogen and oxygen atoms in total. The van der Waals surface area contributed by atoms with Gasteiger partial charge in [0, 0.05) is 88.2 Å². The Morgan fingerprint density at radius 3 is 1.30 bits per heavy atom. The van der Waals surface area contributed by atoms with E-state index in [9.17, 15) is 28.0 Å². The molecule has 9 rings (SSSR count). The lowest BCUT2D eigenvalue weighted by Crippen LogP contribution is -2.57. The third-order valence-corrected chi connectivity index (χ3v) is 13.4. The molecule has 4 saturated heterocycles. The van der Waals surface area contributed by atoms with Crippen LogP contribution in [0.2, 0.25) is 0 Å². The lowest BCUT2D eigenvalue weighted by atomic mass is 9.46. The van der Waals surface area contributed by atoms with Gasteiger partial charge in [0.05, 0.1) is 23.7 Å². The molecule has 5 fully saturated rings. The Bertz CT molecular complexity index is 1670. The van der Waals surface area contributed by atoms with Crippen molar-refractivity contribution in [1.29, 1.82) is 0 Å². The van der Waals surface area contributed by atoms with E-state index in [2.05, 4.69) is 19.6 Å². The highest BCUT2D eigenvalue weighted by Crippen LogP contribution is 2.65. The Hall–Kier alpha value is -4.16. The van der Waals surface area contributed by atoms with Crippen molar-refractivity contribution in [1.82, 2.24) is 19.6 Å². The van der Waals surface area contributed by atoms with E-state index in [1.165, 1.54) is 34.1 Å². The fraction of sp³-hybridized carbons (Fsp3) is 0.571. The summed E-state index contributed by atoms with van der Waals surface area (Å²) in [7, 11) is 0. The number of halogens is 2. The van der Waals surface area contributed by atoms with E-state index in [1.807, 2.05) is 44.2 Å². The summed E-state index contributed by atoms with van der Waals surface area (Å²) in [6.07, 6.45) is 5.14. The number of imide groups is 2. The average Bonchev–Trinajstić information content (AvgIpc) is 3.58. The maximum absolute atomic E-state index is 14.1. The van der Waals surface area contributed by atoms with Crippen LogP contribution >= 0.6 is 0 Å². The molecule has 4 aliphatic heterocycles. The molecule has 2 aromatic rings. The van der Waals surface area contributed by atoms with E-state index < -0.39 is 35.0 Å². The third kappa shape index (κ3) is 6.52. The minimum Gasteiger partial charge on any atom is -0.369 e. The van der Waals surface area contributed by atoms with Crippen LogP contribution < -0.4 is 9.80 Å². The summed E-state index contributed by atoms with van der Waals surface area (Å²) < 4.78 is 26.7. The number of piperazine rings is 2. The second-order valence-electron chi connectivity index (χ2n) is 16.5. The quantitative estimate of drug-likeness (QED) is 0.181. The first-order valence-corrected chi connectivity index (χ1v) is 19.9. The first-order chi connectivity index (χ1) is 26.0. The van der Waals surface area contributed by atoms with Crippen molar-refractivity contribution >= 4 is 35.0 Å². The summed E-state index contributed by atoms with van der Waals surface area (Å²) in [5, 5.41) is 0. The standard InChI is InChI=1S/C42H52F2N6O4/c1-28-27-42(2)36-34(38(51)49(40(36)53)17-5-3-15-45-19-23-47(24-20-45)31-11-7-29(43)8-12-31)33(28)35-37(42)41(54)50(39(35)52)18-6-4-16-46-21-25-48(26-22-46)32-13-9-30(44)10-14-32/h7-14,27,33-37H,3-6,15-26H2,1-2H3. The van der Waals surface area contributed by atoms with Crippen molar-refractivity contribution in [2.75, 3.05) is 88.3 Å². The van der Waals surface area contributed by atoms with Gasteiger partial charge in [-0.25, -0.2) is 8.78 Å². The van der Waals surface area contributed by atoms with Crippen molar-refractivity contribution < 1.29 is 28.0 Å². The Morgan fingerprint density at radius 2 is 0.907 bits per heavy atom. The van der Waals surface area contributed by atoms with Gasteiger partial charge in [0.15, 0.2) is 0 Å². The SMILES string of the molecule is CC1=CC2(C)C3C(=O)N(CCCCN4CCN(c5ccc(F)cc5)CC4)C(=O)C3C1C1C(=O)N(CCCCN3CCN(c4ccc(F)cc4)CC3)C(=O)C12. The molecule has 2 bridgehead atoms. The molecule has 288 valence electrons. The molecule has 0 aromatic heterocycles. The number of likely N-dealkylation sites (tertiary alicyclic amines) is 2. The first kappa shape index (κ1) is 36.8. The Labute approximate surface area is 316 Å². The van der Waals surface area contributed by atoms with Crippen molar-refractivity contribution in [2.24, 2.45) is 35.0 Å².